The Morgan fingerprint density at radius 1 is 1.13 bits per heavy atom. The van der Waals surface area contributed by atoms with Gasteiger partial charge in [0, 0.05) is 5.56 Å². The summed E-state index contributed by atoms with van der Waals surface area (Å²) in [6.45, 7) is 3.82. The summed E-state index contributed by atoms with van der Waals surface area (Å²) in [5.41, 5.74) is 5.51. The highest BCUT2D eigenvalue weighted by Gasteiger charge is 2.32. The largest absolute Gasteiger partial charge is 0.434 e. The second-order valence-electron chi connectivity index (χ2n) is 7.01. The number of alkyl halides is 3. The van der Waals surface area contributed by atoms with Crippen LogP contribution in [0.15, 0.2) is 12.1 Å². The van der Waals surface area contributed by atoms with E-state index >= 15 is 0 Å². The Labute approximate surface area is 183 Å². The molecule has 30 heavy (non-hydrogen) atoms. The highest BCUT2D eigenvalue weighted by Crippen LogP contribution is 2.42. The molecule has 1 aromatic heterocycles. The van der Waals surface area contributed by atoms with E-state index < -0.39 is 17.8 Å². The number of nitrogens with zero attached hydrogens (tertiary/aromatic N) is 2. The number of carbonyl (C=O) groups is 1. The minimum atomic E-state index is -4.60. The molecule has 0 unspecified atom stereocenters. The molecule has 0 radical (unpaired) electrons. The second-order valence-corrected chi connectivity index (χ2v) is 7.82. The molecule has 166 valence electrons. The Hall–Kier alpha value is -1.93. The van der Waals surface area contributed by atoms with E-state index in [-0.39, 0.29) is 21.7 Å². The summed E-state index contributed by atoms with van der Waals surface area (Å²) in [6.07, 6.45) is 2.35. The zero-order valence-corrected chi connectivity index (χ0v) is 18.3. The molecule has 1 heterocycles. The van der Waals surface area contributed by atoms with Crippen LogP contribution in [0.3, 0.4) is 0 Å². The van der Waals surface area contributed by atoms with Gasteiger partial charge in [-0.05, 0) is 31.9 Å². The molecule has 0 aliphatic carbocycles. The third kappa shape index (κ3) is 6.04. The Bertz CT molecular complexity index is 875. The minimum Gasteiger partial charge on any atom is -0.434 e. The fourth-order valence-corrected chi connectivity index (χ4v) is 3.66. The summed E-state index contributed by atoms with van der Waals surface area (Å²) in [7, 11) is 0. The van der Waals surface area contributed by atoms with Crippen molar-refractivity contribution in [3.8, 4) is 11.6 Å². The van der Waals surface area contributed by atoms with Gasteiger partial charge in [-0.2, -0.15) is 17.9 Å². The monoisotopic (exact) mass is 465 g/mol. The molecule has 5 nitrogen and oxygen atoms in total. The van der Waals surface area contributed by atoms with Gasteiger partial charge in [0.05, 0.1) is 21.3 Å². The van der Waals surface area contributed by atoms with Crippen LogP contribution in [0.2, 0.25) is 10.0 Å². The van der Waals surface area contributed by atoms with Crippen LogP contribution >= 0.6 is 23.2 Å². The lowest BCUT2D eigenvalue weighted by atomic mass is 10.1. The number of unbranched alkanes of at least 4 members (excludes halogenated alkanes) is 5. The minimum absolute atomic E-state index is 0.0448. The van der Waals surface area contributed by atoms with Crippen LogP contribution in [0.25, 0.3) is 0 Å². The second kappa shape index (κ2) is 10.4. The lowest BCUT2D eigenvalue weighted by Gasteiger charge is -2.13. The standard InChI is InChI=1S/C20H24Cl2F3N3O2/c1-3-4-5-6-7-8-9-14-12(2)28(19(26)29)27-18(14)30-17-15(21)10-13(11-16(17)22)20(23,24)25/h10-11H,3-9H2,1-2H3,(H2,26,29). The Kier molecular flexibility index (Phi) is 8.43. The van der Waals surface area contributed by atoms with E-state index in [9.17, 15) is 18.0 Å². The lowest BCUT2D eigenvalue weighted by Crippen LogP contribution is -2.22. The maximum atomic E-state index is 12.9. The first kappa shape index (κ1) is 24.3. The van der Waals surface area contributed by atoms with Gasteiger partial charge in [0.15, 0.2) is 5.75 Å². The Morgan fingerprint density at radius 3 is 2.23 bits per heavy atom. The number of aromatic nitrogens is 2. The number of nitrogens with two attached hydrogens (primary N) is 1. The number of primary amides is 1. The third-order valence-electron chi connectivity index (χ3n) is 4.72. The van der Waals surface area contributed by atoms with Crippen molar-refractivity contribution >= 4 is 29.2 Å². The van der Waals surface area contributed by atoms with Gasteiger partial charge in [0.1, 0.15) is 0 Å². The zero-order valence-electron chi connectivity index (χ0n) is 16.8. The van der Waals surface area contributed by atoms with Crippen LogP contribution in [0.1, 0.15) is 62.3 Å². The number of rotatable bonds is 9. The molecule has 0 atom stereocenters. The summed E-state index contributed by atoms with van der Waals surface area (Å²) < 4.78 is 45.5. The first-order chi connectivity index (χ1) is 14.1. The van der Waals surface area contributed by atoms with Crippen molar-refractivity contribution in [2.75, 3.05) is 0 Å². The molecule has 0 saturated heterocycles. The Balaban J connectivity index is 2.28. The van der Waals surface area contributed by atoms with E-state index in [1.165, 1.54) is 6.42 Å². The molecule has 1 aromatic carbocycles. The molecular formula is C20H24Cl2F3N3O2. The van der Waals surface area contributed by atoms with E-state index in [2.05, 4.69) is 12.0 Å². The maximum absolute atomic E-state index is 12.9. The number of amides is 1. The van der Waals surface area contributed by atoms with Gasteiger partial charge >= 0.3 is 12.2 Å². The van der Waals surface area contributed by atoms with Crippen molar-refractivity contribution in [2.45, 2.75) is 65.0 Å². The van der Waals surface area contributed by atoms with Crippen LogP contribution in [0.5, 0.6) is 11.6 Å². The number of ether oxygens (including phenoxy) is 1. The molecular weight excluding hydrogens is 442 g/mol. The summed E-state index contributed by atoms with van der Waals surface area (Å²) in [5, 5.41) is 3.44. The molecule has 0 spiro atoms. The van der Waals surface area contributed by atoms with E-state index in [1.54, 1.807) is 6.92 Å². The van der Waals surface area contributed by atoms with Gasteiger partial charge < -0.3 is 10.5 Å². The van der Waals surface area contributed by atoms with Gasteiger partial charge in [0.25, 0.3) is 0 Å². The number of carbonyl (C=O) groups excluding carboxylic acids is 1. The van der Waals surface area contributed by atoms with Crippen LogP contribution < -0.4 is 10.5 Å². The third-order valence-corrected chi connectivity index (χ3v) is 5.28. The first-order valence-electron chi connectivity index (χ1n) is 9.68. The smallest absolute Gasteiger partial charge is 0.416 e. The van der Waals surface area contributed by atoms with Crippen LogP contribution in [-0.2, 0) is 12.6 Å². The van der Waals surface area contributed by atoms with Gasteiger partial charge in [-0.3, -0.25) is 0 Å². The zero-order chi connectivity index (χ0) is 22.5. The summed E-state index contributed by atoms with van der Waals surface area (Å²) in [6, 6.07) is 0.665. The number of hydrogen-bond acceptors (Lipinski definition) is 3. The molecule has 0 saturated carbocycles. The van der Waals surface area contributed by atoms with E-state index in [0.29, 0.717) is 17.7 Å². The predicted octanol–water partition coefficient (Wildman–Crippen LogP) is 7.14. The van der Waals surface area contributed by atoms with Gasteiger partial charge in [-0.25, -0.2) is 4.79 Å². The lowest BCUT2D eigenvalue weighted by molar-refractivity contribution is -0.137. The van der Waals surface area contributed by atoms with E-state index in [1.807, 2.05) is 0 Å². The topological polar surface area (TPSA) is 70.1 Å². The SMILES string of the molecule is CCCCCCCCc1c(Oc2c(Cl)cc(C(F)(F)F)cc2Cl)nn(C(N)=O)c1C. The quantitative estimate of drug-likeness (QED) is 0.400. The highest BCUT2D eigenvalue weighted by molar-refractivity contribution is 6.37. The average Bonchev–Trinajstić information content (AvgIpc) is 2.96. The first-order valence-corrected chi connectivity index (χ1v) is 10.4. The van der Waals surface area contributed by atoms with E-state index in [4.69, 9.17) is 33.7 Å². The van der Waals surface area contributed by atoms with Crippen molar-refractivity contribution in [1.29, 1.82) is 0 Å². The van der Waals surface area contributed by atoms with Gasteiger partial charge in [-0.15, -0.1) is 5.10 Å². The van der Waals surface area contributed by atoms with Crippen LogP contribution in [0, 0.1) is 6.92 Å². The molecule has 2 rings (SSSR count). The molecule has 1 amide bonds. The predicted molar refractivity (Wildman–Crippen MR) is 111 cm³/mol. The van der Waals surface area contributed by atoms with Crippen molar-refractivity contribution in [3.05, 3.63) is 39.0 Å². The highest BCUT2D eigenvalue weighted by atomic mass is 35.5. The number of benzene rings is 1. The molecule has 2 N–H and O–H groups in total. The number of hydrogen-bond donors (Lipinski definition) is 1. The van der Waals surface area contributed by atoms with Crippen molar-refractivity contribution in [1.82, 2.24) is 9.78 Å². The molecule has 0 fully saturated rings. The maximum Gasteiger partial charge on any atom is 0.416 e. The summed E-state index contributed by atoms with van der Waals surface area (Å²) in [4.78, 5) is 11.7. The van der Waals surface area contributed by atoms with Crippen molar-refractivity contribution in [3.63, 3.8) is 0 Å². The van der Waals surface area contributed by atoms with Crippen LogP contribution in [-0.4, -0.2) is 15.8 Å². The normalized spacial score (nSPS) is 11.7. The van der Waals surface area contributed by atoms with Crippen LogP contribution in [0.4, 0.5) is 18.0 Å². The van der Waals surface area contributed by atoms with Crippen molar-refractivity contribution in [2.24, 2.45) is 5.73 Å². The van der Waals surface area contributed by atoms with E-state index in [0.717, 1.165) is 48.9 Å². The fraction of sp³-hybridized carbons (Fsp3) is 0.500. The van der Waals surface area contributed by atoms with Gasteiger partial charge in [0.2, 0.25) is 5.88 Å². The average molecular weight is 466 g/mol. The molecule has 0 aliphatic heterocycles. The molecule has 0 aliphatic rings. The molecule has 0 bridgehead atoms. The summed E-state index contributed by atoms with van der Waals surface area (Å²) in [5.74, 6) is -0.118. The molecule has 10 heteroatoms. The molecule has 2 aromatic rings. The number of halogens is 5. The van der Waals surface area contributed by atoms with Gasteiger partial charge in [-0.1, -0.05) is 62.2 Å². The summed E-state index contributed by atoms with van der Waals surface area (Å²) >= 11 is 12.0. The fourth-order valence-electron chi connectivity index (χ4n) is 3.09. The Morgan fingerprint density at radius 2 is 1.70 bits per heavy atom. The van der Waals surface area contributed by atoms with Crippen molar-refractivity contribution < 1.29 is 22.7 Å².